The lowest BCUT2D eigenvalue weighted by Crippen LogP contribution is -2.32. The van der Waals surface area contributed by atoms with Gasteiger partial charge < -0.3 is 5.32 Å². The molecule has 134 valence electrons. The molecule has 0 atom stereocenters. The number of unbranched alkanes of at least 4 members (excludes halogenated alkanes) is 1. The van der Waals surface area contributed by atoms with Crippen LogP contribution in [0.2, 0.25) is 0 Å². The first kappa shape index (κ1) is 18.9. The zero-order chi connectivity index (χ0) is 17.4. The van der Waals surface area contributed by atoms with Gasteiger partial charge in [0.2, 0.25) is 15.9 Å². The maximum absolute atomic E-state index is 12.3. The van der Waals surface area contributed by atoms with Crippen molar-refractivity contribution in [3.63, 3.8) is 0 Å². The monoisotopic (exact) mass is 352 g/mol. The lowest BCUT2D eigenvalue weighted by Gasteiger charge is -2.13. The van der Waals surface area contributed by atoms with Crippen LogP contribution in [0, 0.1) is 0 Å². The van der Waals surface area contributed by atoms with Gasteiger partial charge in [0.05, 0.1) is 4.90 Å². The largest absolute Gasteiger partial charge is 0.356 e. The fourth-order valence-electron chi connectivity index (χ4n) is 2.94. The first-order chi connectivity index (χ1) is 11.5. The van der Waals surface area contributed by atoms with Gasteiger partial charge in [-0.2, -0.15) is 0 Å². The van der Waals surface area contributed by atoms with E-state index < -0.39 is 10.0 Å². The van der Waals surface area contributed by atoms with E-state index in [2.05, 4.69) is 17.0 Å². The highest BCUT2D eigenvalue weighted by Crippen LogP contribution is 2.20. The van der Waals surface area contributed by atoms with Crippen molar-refractivity contribution in [2.45, 2.75) is 69.2 Å². The van der Waals surface area contributed by atoms with Gasteiger partial charge in [-0.25, -0.2) is 13.1 Å². The quantitative estimate of drug-likeness (QED) is 0.717. The lowest BCUT2D eigenvalue weighted by atomic mass is 10.1. The second-order valence-corrected chi connectivity index (χ2v) is 8.16. The van der Waals surface area contributed by atoms with Crippen LogP contribution in [0.5, 0.6) is 0 Å². The molecule has 0 radical (unpaired) electrons. The van der Waals surface area contributed by atoms with Gasteiger partial charge in [0.25, 0.3) is 0 Å². The second kappa shape index (κ2) is 9.18. The molecule has 0 aromatic heterocycles. The minimum absolute atomic E-state index is 0.0769. The molecule has 24 heavy (non-hydrogen) atoms. The fourth-order valence-corrected chi connectivity index (χ4v) is 4.24. The Balaban J connectivity index is 1.82. The van der Waals surface area contributed by atoms with Crippen molar-refractivity contribution in [1.82, 2.24) is 10.0 Å². The van der Waals surface area contributed by atoms with E-state index in [1.165, 1.54) is 0 Å². The van der Waals surface area contributed by atoms with Gasteiger partial charge in [-0.1, -0.05) is 38.3 Å². The molecule has 6 heteroatoms. The molecule has 1 aromatic rings. The predicted molar refractivity (Wildman–Crippen MR) is 95.3 cm³/mol. The summed E-state index contributed by atoms with van der Waals surface area (Å²) in [5.41, 5.74) is 1.02. The van der Waals surface area contributed by atoms with E-state index in [0.717, 1.165) is 44.1 Å². The molecule has 0 spiro atoms. The average molecular weight is 353 g/mol. The summed E-state index contributed by atoms with van der Waals surface area (Å²) in [7, 11) is -3.42. The maximum Gasteiger partial charge on any atom is 0.240 e. The van der Waals surface area contributed by atoms with Crippen LogP contribution in [-0.2, 0) is 21.2 Å². The van der Waals surface area contributed by atoms with Crippen molar-refractivity contribution in [2.24, 2.45) is 0 Å². The predicted octanol–water partition coefficient (Wildman–Crippen LogP) is 2.76. The van der Waals surface area contributed by atoms with Crippen LogP contribution in [-0.4, -0.2) is 26.9 Å². The van der Waals surface area contributed by atoms with E-state index in [0.29, 0.717) is 24.3 Å². The molecule has 2 N–H and O–H groups in total. The third-order valence-electron chi connectivity index (χ3n) is 4.40. The molecule has 0 unspecified atom stereocenters. The van der Waals surface area contributed by atoms with E-state index >= 15 is 0 Å². The van der Waals surface area contributed by atoms with Crippen molar-refractivity contribution in [1.29, 1.82) is 0 Å². The molecule has 1 aliphatic rings. The molecular formula is C18H28N2O3S. The number of hydrogen-bond donors (Lipinski definition) is 2. The van der Waals surface area contributed by atoms with Gasteiger partial charge >= 0.3 is 0 Å². The molecule has 1 saturated carbocycles. The molecule has 1 amide bonds. The number of sulfonamides is 1. The average Bonchev–Trinajstić information content (AvgIpc) is 3.05. The first-order valence-electron chi connectivity index (χ1n) is 8.89. The Kier molecular flexibility index (Phi) is 7.24. The third kappa shape index (κ3) is 5.91. The highest BCUT2D eigenvalue weighted by Gasteiger charge is 2.22. The Morgan fingerprint density at radius 3 is 2.46 bits per heavy atom. The molecule has 0 aliphatic heterocycles. The molecule has 0 saturated heterocycles. The van der Waals surface area contributed by atoms with Gasteiger partial charge in [-0.3, -0.25) is 4.79 Å². The smallest absolute Gasteiger partial charge is 0.240 e. The van der Waals surface area contributed by atoms with Gasteiger partial charge in [0.15, 0.2) is 0 Å². The normalized spacial score (nSPS) is 15.5. The summed E-state index contributed by atoms with van der Waals surface area (Å²) in [6.07, 6.45) is 7.23. The highest BCUT2D eigenvalue weighted by atomic mass is 32.2. The van der Waals surface area contributed by atoms with E-state index in [4.69, 9.17) is 0 Å². The Bertz CT molecular complexity index is 620. The van der Waals surface area contributed by atoms with Crippen LogP contribution >= 0.6 is 0 Å². The van der Waals surface area contributed by atoms with Crippen LogP contribution in [0.1, 0.15) is 57.4 Å². The SMILES string of the molecule is CCCCC(=O)NCCc1ccc(S(=O)(=O)NC2CCCC2)cc1. The van der Waals surface area contributed by atoms with Gasteiger partial charge in [-0.05, 0) is 43.4 Å². The molecule has 2 rings (SSSR count). The van der Waals surface area contributed by atoms with Crippen molar-refractivity contribution < 1.29 is 13.2 Å². The third-order valence-corrected chi connectivity index (χ3v) is 5.94. The van der Waals surface area contributed by atoms with E-state index in [-0.39, 0.29) is 11.9 Å². The number of rotatable bonds is 9. The number of hydrogen-bond acceptors (Lipinski definition) is 3. The topological polar surface area (TPSA) is 75.3 Å². The van der Waals surface area contributed by atoms with Crippen molar-refractivity contribution in [3.8, 4) is 0 Å². The molecule has 1 fully saturated rings. The zero-order valence-corrected chi connectivity index (χ0v) is 15.2. The number of nitrogens with one attached hydrogen (secondary N) is 2. The minimum Gasteiger partial charge on any atom is -0.356 e. The molecule has 0 heterocycles. The Morgan fingerprint density at radius 2 is 1.83 bits per heavy atom. The number of amides is 1. The minimum atomic E-state index is -3.42. The summed E-state index contributed by atoms with van der Waals surface area (Å²) in [5, 5.41) is 2.89. The van der Waals surface area contributed by atoms with Crippen molar-refractivity contribution >= 4 is 15.9 Å². The Morgan fingerprint density at radius 1 is 1.17 bits per heavy atom. The molecule has 1 aliphatic carbocycles. The fraction of sp³-hybridized carbons (Fsp3) is 0.611. The highest BCUT2D eigenvalue weighted by molar-refractivity contribution is 7.89. The van der Waals surface area contributed by atoms with E-state index in [1.54, 1.807) is 12.1 Å². The molecule has 1 aromatic carbocycles. The first-order valence-corrected chi connectivity index (χ1v) is 10.4. The Hall–Kier alpha value is -1.40. The van der Waals surface area contributed by atoms with Gasteiger partial charge in [0, 0.05) is 19.0 Å². The summed E-state index contributed by atoms with van der Waals surface area (Å²) in [5.74, 6) is 0.0804. The number of carbonyl (C=O) groups excluding carboxylic acids is 1. The summed E-state index contributed by atoms with van der Waals surface area (Å²) < 4.78 is 27.5. The van der Waals surface area contributed by atoms with Crippen LogP contribution in [0.4, 0.5) is 0 Å². The summed E-state index contributed by atoms with van der Waals surface area (Å²) in [4.78, 5) is 11.9. The van der Waals surface area contributed by atoms with E-state index in [1.807, 2.05) is 12.1 Å². The second-order valence-electron chi connectivity index (χ2n) is 6.45. The van der Waals surface area contributed by atoms with Gasteiger partial charge in [0.1, 0.15) is 0 Å². The van der Waals surface area contributed by atoms with Crippen molar-refractivity contribution in [2.75, 3.05) is 6.54 Å². The van der Waals surface area contributed by atoms with Crippen LogP contribution in [0.25, 0.3) is 0 Å². The number of benzene rings is 1. The standard InChI is InChI=1S/C18H28N2O3S/c1-2-3-8-18(21)19-14-13-15-9-11-17(12-10-15)24(22,23)20-16-6-4-5-7-16/h9-12,16,20H,2-8,13-14H2,1H3,(H,19,21). The summed E-state index contributed by atoms with van der Waals surface area (Å²) in [6, 6.07) is 7.01. The maximum atomic E-state index is 12.3. The van der Waals surface area contributed by atoms with Crippen molar-refractivity contribution in [3.05, 3.63) is 29.8 Å². The Labute approximate surface area is 145 Å². The van der Waals surface area contributed by atoms with Crippen LogP contribution in [0.3, 0.4) is 0 Å². The van der Waals surface area contributed by atoms with Crippen LogP contribution in [0.15, 0.2) is 29.2 Å². The lowest BCUT2D eigenvalue weighted by molar-refractivity contribution is -0.121. The summed E-state index contributed by atoms with van der Waals surface area (Å²) >= 11 is 0. The number of carbonyl (C=O) groups is 1. The zero-order valence-electron chi connectivity index (χ0n) is 14.4. The van der Waals surface area contributed by atoms with E-state index in [9.17, 15) is 13.2 Å². The molecule has 5 nitrogen and oxygen atoms in total. The summed E-state index contributed by atoms with van der Waals surface area (Å²) in [6.45, 7) is 2.64. The molecule has 0 bridgehead atoms. The van der Waals surface area contributed by atoms with Crippen LogP contribution < -0.4 is 10.0 Å². The van der Waals surface area contributed by atoms with Gasteiger partial charge in [-0.15, -0.1) is 0 Å². The molecular weight excluding hydrogens is 324 g/mol.